The van der Waals surface area contributed by atoms with Crippen LogP contribution in [0.2, 0.25) is 0 Å². The first kappa shape index (κ1) is 27.1. The largest absolute Gasteiger partial charge is 0.493 e. The van der Waals surface area contributed by atoms with Gasteiger partial charge in [0.1, 0.15) is 0 Å². The van der Waals surface area contributed by atoms with Gasteiger partial charge in [0, 0.05) is 18.7 Å². The normalized spacial score (nSPS) is 12.5. The zero-order chi connectivity index (χ0) is 26.7. The number of nitrogens with one attached hydrogen (secondary N) is 1. The fourth-order valence-electron chi connectivity index (χ4n) is 3.73. The first-order valence-corrected chi connectivity index (χ1v) is 13.0. The molecule has 0 aromatic heterocycles. The van der Waals surface area contributed by atoms with Crippen molar-refractivity contribution in [2.75, 3.05) is 25.6 Å². The summed E-state index contributed by atoms with van der Waals surface area (Å²) in [7, 11) is 0.541. The van der Waals surface area contributed by atoms with Gasteiger partial charge in [0.15, 0.2) is 11.5 Å². The summed E-state index contributed by atoms with van der Waals surface area (Å²) in [5.41, 5.74) is 3.16. The van der Waals surface area contributed by atoms with Gasteiger partial charge in [-0.15, -0.1) is 0 Å². The molecule has 0 fully saturated rings. The van der Waals surface area contributed by atoms with Crippen LogP contribution in [0.5, 0.6) is 11.5 Å². The molecule has 36 heavy (non-hydrogen) atoms. The van der Waals surface area contributed by atoms with E-state index in [-0.39, 0.29) is 22.3 Å². The molecule has 0 heterocycles. The van der Waals surface area contributed by atoms with Gasteiger partial charge >= 0.3 is 0 Å². The Bertz CT molecular complexity index is 1310. The van der Waals surface area contributed by atoms with Crippen LogP contribution in [0.25, 0.3) is 0 Å². The molecule has 0 radical (unpaired) electrons. The van der Waals surface area contributed by atoms with E-state index in [1.165, 1.54) is 39.0 Å². The molecule has 1 atom stereocenters. The molecule has 0 saturated carbocycles. The van der Waals surface area contributed by atoms with Crippen molar-refractivity contribution in [1.29, 1.82) is 0 Å². The van der Waals surface area contributed by atoms with Crippen LogP contribution in [0.3, 0.4) is 0 Å². The van der Waals surface area contributed by atoms with Gasteiger partial charge < -0.3 is 14.8 Å². The molecular weight excluding hydrogens is 476 g/mol. The SMILES string of the molecule is COc1ccc(S(=O)(=O)N(C)c2ccc(C(=O)N[C@H](C)c3ccc(C(C)(C)C)cc3)cc2)cc1OC. The molecule has 0 spiro atoms. The van der Waals surface area contributed by atoms with Crippen molar-refractivity contribution >= 4 is 21.6 Å². The third-order valence-electron chi connectivity index (χ3n) is 6.13. The number of amides is 1. The van der Waals surface area contributed by atoms with Gasteiger partial charge in [0.25, 0.3) is 15.9 Å². The van der Waals surface area contributed by atoms with Crippen molar-refractivity contribution in [2.24, 2.45) is 0 Å². The number of methoxy groups -OCH3 is 2. The number of anilines is 1. The monoisotopic (exact) mass is 510 g/mol. The molecule has 0 saturated heterocycles. The van der Waals surface area contributed by atoms with Gasteiger partial charge in [0.2, 0.25) is 0 Å². The Kier molecular flexibility index (Phi) is 7.99. The van der Waals surface area contributed by atoms with Crippen LogP contribution in [0.15, 0.2) is 71.6 Å². The number of hydrogen-bond donors (Lipinski definition) is 1. The molecule has 3 rings (SSSR count). The Balaban J connectivity index is 1.73. The van der Waals surface area contributed by atoms with Crippen molar-refractivity contribution in [3.05, 3.63) is 83.4 Å². The number of carbonyl (C=O) groups is 1. The lowest BCUT2D eigenvalue weighted by Crippen LogP contribution is -2.28. The van der Waals surface area contributed by atoms with Crippen molar-refractivity contribution in [1.82, 2.24) is 5.32 Å². The smallest absolute Gasteiger partial charge is 0.264 e. The van der Waals surface area contributed by atoms with Gasteiger partial charge in [-0.05, 0) is 59.9 Å². The Labute approximate surface area is 214 Å². The minimum atomic E-state index is -3.85. The highest BCUT2D eigenvalue weighted by molar-refractivity contribution is 7.92. The lowest BCUT2D eigenvalue weighted by atomic mass is 9.86. The van der Waals surface area contributed by atoms with E-state index >= 15 is 0 Å². The number of sulfonamides is 1. The van der Waals surface area contributed by atoms with E-state index in [1.54, 1.807) is 30.3 Å². The van der Waals surface area contributed by atoms with Gasteiger partial charge in [-0.25, -0.2) is 8.42 Å². The minimum absolute atomic E-state index is 0.0623. The van der Waals surface area contributed by atoms with E-state index in [0.29, 0.717) is 22.7 Å². The van der Waals surface area contributed by atoms with E-state index in [1.807, 2.05) is 19.1 Å². The van der Waals surface area contributed by atoms with E-state index in [9.17, 15) is 13.2 Å². The van der Waals surface area contributed by atoms with E-state index in [4.69, 9.17) is 9.47 Å². The Morgan fingerprint density at radius 2 is 1.47 bits per heavy atom. The summed E-state index contributed by atoms with van der Waals surface area (Å²) in [6.45, 7) is 8.41. The number of ether oxygens (including phenoxy) is 2. The lowest BCUT2D eigenvalue weighted by Gasteiger charge is -2.21. The Morgan fingerprint density at radius 3 is 2.00 bits per heavy atom. The van der Waals surface area contributed by atoms with Gasteiger partial charge in [-0.2, -0.15) is 0 Å². The summed E-state index contributed by atoms with van der Waals surface area (Å²) in [6.07, 6.45) is 0. The van der Waals surface area contributed by atoms with Crippen LogP contribution < -0.4 is 19.1 Å². The summed E-state index contributed by atoms with van der Waals surface area (Å²) in [6, 6.07) is 18.9. The van der Waals surface area contributed by atoms with Crippen LogP contribution in [-0.4, -0.2) is 35.6 Å². The van der Waals surface area contributed by atoms with Crippen LogP contribution >= 0.6 is 0 Å². The highest BCUT2D eigenvalue weighted by atomic mass is 32.2. The summed E-state index contributed by atoms with van der Waals surface area (Å²) in [4.78, 5) is 12.9. The fraction of sp³-hybridized carbons (Fsp3) is 0.321. The molecule has 8 heteroatoms. The van der Waals surface area contributed by atoms with Gasteiger partial charge in [0.05, 0.1) is 30.8 Å². The number of carbonyl (C=O) groups excluding carboxylic acids is 1. The molecule has 0 bridgehead atoms. The molecule has 0 aliphatic carbocycles. The van der Waals surface area contributed by atoms with E-state index in [2.05, 4.69) is 38.2 Å². The second-order valence-corrected chi connectivity index (χ2v) is 11.6. The number of hydrogen-bond acceptors (Lipinski definition) is 5. The molecular formula is C28H34N2O5S. The first-order chi connectivity index (χ1) is 16.9. The predicted molar refractivity (Wildman–Crippen MR) is 143 cm³/mol. The molecule has 192 valence electrons. The summed E-state index contributed by atoms with van der Waals surface area (Å²) in [5, 5.41) is 3.00. The maximum Gasteiger partial charge on any atom is 0.264 e. The second kappa shape index (κ2) is 10.6. The predicted octanol–water partition coefficient (Wildman–Crippen LogP) is 5.32. The first-order valence-electron chi connectivity index (χ1n) is 11.6. The van der Waals surface area contributed by atoms with Crippen LogP contribution in [0, 0.1) is 0 Å². The fourth-order valence-corrected chi connectivity index (χ4v) is 4.94. The molecule has 0 unspecified atom stereocenters. The Morgan fingerprint density at radius 1 is 0.889 bits per heavy atom. The number of benzene rings is 3. The highest BCUT2D eigenvalue weighted by Crippen LogP contribution is 2.32. The lowest BCUT2D eigenvalue weighted by molar-refractivity contribution is 0.0940. The van der Waals surface area contributed by atoms with Crippen LogP contribution in [0.1, 0.15) is 55.2 Å². The summed E-state index contributed by atoms with van der Waals surface area (Å²) < 4.78 is 37.9. The van der Waals surface area contributed by atoms with Crippen LogP contribution in [-0.2, 0) is 15.4 Å². The molecule has 7 nitrogen and oxygen atoms in total. The molecule has 1 amide bonds. The van der Waals surface area contributed by atoms with Crippen molar-refractivity contribution in [3.8, 4) is 11.5 Å². The van der Waals surface area contributed by atoms with Crippen molar-refractivity contribution in [3.63, 3.8) is 0 Å². The average Bonchev–Trinajstić information content (AvgIpc) is 2.87. The standard InChI is InChI=1S/C28H34N2O5S/c1-19(20-8-12-22(13-9-20)28(2,3)4)29-27(31)21-10-14-23(15-11-21)30(5)36(32,33)24-16-17-25(34-6)26(18-24)35-7/h8-19H,1-7H3,(H,29,31)/t19-/m1/s1. The molecule has 1 N–H and O–H groups in total. The van der Waals surface area contributed by atoms with Crippen molar-refractivity contribution in [2.45, 2.75) is 44.0 Å². The molecule has 0 aliphatic heterocycles. The topological polar surface area (TPSA) is 84.9 Å². The zero-order valence-corrected chi connectivity index (χ0v) is 22.6. The third-order valence-corrected chi connectivity index (χ3v) is 7.91. The minimum Gasteiger partial charge on any atom is -0.493 e. The maximum atomic E-state index is 13.2. The number of nitrogens with zero attached hydrogens (tertiary/aromatic N) is 1. The molecule has 3 aromatic rings. The van der Waals surface area contributed by atoms with Crippen molar-refractivity contribution < 1.29 is 22.7 Å². The molecule has 3 aromatic carbocycles. The van der Waals surface area contributed by atoms with Gasteiger partial charge in [-0.3, -0.25) is 9.10 Å². The summed E-state index contributed by atoms with van der Waals surface area (Å²) >= 11 is 0. The molecule has 0 aliphatic rings. The average molecular weight is 511 g/mol. The van der Waals surface area contributed by atoms with E-state index < -0.39 is 10.0 Å². The second-order valence-electron chi connectivity index (χ2n) is 9.60. The quantitative estimate of drug-likeness (QED) is 0.444. The zero-order valence-electron chi connectivity index (χ0n) is 21.8. The highest BCUT2D eigenvalue weighted by Gasteiger charge is 2.23. The maximum absolute atomic E-state index is 13.2. The third kappa shape index (κ3) is 5.82. The Hall–Kier alpha value is -3.52. The summed E-state index contributed by atoms with van der Waals surface area (Å²) in [5.74, 6) is 0.523. The van der Waals surface area contributed by atoms with E-state index in [0.717, 1.165) is 9.87 Å². The van der Waals surface area contributed by atoms with Gasteiger partial charge in [-0.1, -0.05) is 45.0 Å². The number of rotatable bonds is 8. The van der Waals surface area contributed by atoms with Crippen LogP contribution in [0.4, 0.5) is 5.69 Å².